The summed E-state index contributed by atoms with van der Waals surface area (Å²) < 4.78 is 4.85. The van der Waals surface area contributed by atoms with Gasteiger partial charge in [-0.25, -0.2) is 4.79 Å². The number of nitrogens with two attached hydrogens (primary N) is 1. The van der Waals surface area contributed by atoms with Crippen LogP contribution in [0.1, 0.15) is 36.0 Å². The fraction of sp³-hybridized carbons (Fsp3) is 0.533. The molecule has 0 spiro atoms. The molecule has 1 aromatic rings. The minimum Gasteiger partial charge on any atom is -0.465 e. The monoisotopic (exact) mass is 278 g/mol. The van der Waals surface area contributed by atoms with Crippen LogP contribution < -0.4 is 10.6 Å². The van der Waals surface area contributed by atoms with Gasteiger partial charge in [-0.3, -0.25) is 0 Å². The van der Waals surface area contributed by atoms with Gasteiger partial charge < -0.3 is 20.5 Å². The average molecular weight is 278 g/mol. The van der Waals surface area contributed by atoms with E-state index in [4.69, 9.17) is 15.6 Å². The topological polar surface area (TPSA) is 75.8 Å². The molecule has 1 aliphatic carbocycles. The van der Waals surface area contributed by atoms with E-state index in [1.807, 2.05) is 0 Å². The van der Waals surface area contributed by atoms with Crippen LogP contribution in [-0.4, -0.2) is 37.4 Å². The van der Waals surface area contributed by atoms with Crippen molar-refractivity contribution < 1.29 is 14.6 Å². The van der Waals surface area contributed by atoms with E-state index in [9.17, 15) is 4.79 Å². The van der Waals surface area contributed by atoms with Crippen LogP contribution in [0.25, 0.3) is 0 Å². The van der Waals surface area contributed by atoms with Crippen molar-refractivity contribution in [2.75, 3.05) is 30.9 Å². The van der Waals surface area contributed by atoms with Crippen LogP contribution >= 0.6 is 0 Å². The fourth-order valence-electron chi connectivity index (χ4n) is 2.57. The van der Waals surface area contributed by atoms with Crippen LogP contribution in [0.3, 0.4) is 0 Å². The van der Waals surface area contributed by atoms with Gasteiger partial charge >= 0.3 is 5.97 Å². The number of carbonyl (C=O) groups is 1. The van der Waals surface area contributed by atoms with E-state index in [2.05, 4.69) is 4.90 Å². The molecule has 1 aromatic carbocycles. The summed E-state index contributed by atoms with van der Waals surface area (Å²) in [4.78, 5) is 14.1. The predicted molar refractivity (Wildman–Crippen MR) is 78.9 cm³/mol. The maximum Gasteiger partial charge on any atom is 0.340 e. The van der Waals surface area contributed by atoms with Crippen LogP contribution in [-0.2, 0) is 4.74 Å². The smallest absolute Gasteiger partial charge is 0.340 e. The average Bonchev–Trinajstić information content (AvgIpc) is 2.40. The summed E-state index contributed by atoms with van der Waals surface area (Å²) in [6, 6.07) is 5.69. The highest BCUT2D eigenvalue weighted by atomic mass is 16.5. The summed E-state index contributed by atoms with van der Waals surface area (Å²) in [5, 5.41) is 9.08. The Kier molecular flexibility index (Phi) is 4.84. The third kappa shape index (κ3) is 2.88. The van der Waals surface area contributed by atoms with Gasteiger partial charge in [0.25, 0.3) is 0 Å². The molecule has 0 amide bonds. The summed E-state index contributed by atoms with van der Waals surface area (Å²) in [6.07, 6.45) is 4.05. The zero-order valence-electron chi connectivity index (χ0n) is 11.8. The number of benzene rings is 1. The lowest BCUT2D eigenvalue weighted by molar-refractivity contribution is 0.0601. The first-order valence-corrected chi connectivity index (χ1v) is 7.03. The van der Waals surface area contributed by atoms with Crippen LogP contribution in [0.2, 0.25) is 0 Å². The molecular formula is C15H22N2O3. The number of rotatable bonds is 6. The van der Waals surface area contributed by atoms with Crippen LogP contribution in [0, 0.1) is 0 Å². The van der Waals surface area contributed by atoms with Crippen LogP contribution in [0.15, 0.2) is 18.2 Å². The SMILES string of the molecule is COC(=O)c1cccc(N)c1N(CCCO)C1CCC1. The molecule has 0 bridgehead atoms. The highest BCUT2D eigenvalue weighted by Gasteiger charge is 2.29. The van der Waals surface area contributed by atoms with Crippen molar-refractivity contribution >= 4 is 17.3 Å². The van der Waals surface area contributed by atoms with Crippen molar-refractivity contribution in [3.63, 3.8) is 0 Å². The molecule has 5 nitrogen and oxygen atoms in total. The molecule has 1 aliphatic rings. The van der Waals surface area contributed by atoms with Gasteiger partial charge in [-0.2, -0.15) is 0 Å². The van der Waals surface area contributed by atoms with Gasteiger partial charge in [0.1, 0.15) is 0 Å². The zero-order chi connectivity index (χ0) is 14.5. The molecule has 0 unspecified atom stereocenters. The van der Waals surface area contributed by atoms with Crippen molar-refractivity contribution in [1.82, 2.24) is 0 Å². The Morgan fingerprint density at radius 1 is 1.50 bits per heavy atom. The van der Waals surface area contributed by atoms with E-state index in [1.54, 1.807) is 18.2 Å². The second kappa shape index (κ2) is 6.61. The summed E-state index contributed by atoms with van der Waals surface area (Å²) in [6.45, 7) is 0.822. The molecule has 20 heavy (non-hydrogen) atoms. The Hall–Kier alpha value is -1.75. The number of aliphatic hydroxyl groups is 1. The second-order valence-corrected chi connectivity index (χ2v) is 5.09. The van der Waals surface area contributed by atoms with Gasteiger partial charge in [-0.05, 0) is 37.8 Å². The largest absolute Gasteiger partial charge is 0.465 e. The maximum absolute atomic E-state index is 11.9. The highest BCUT2D eigenvalue weighted by molar-refractivity contribution is 5.99. The molecule has 0 saturated heterocycles. The third-order valence-corrected chi connectivity index (χ3v) is 3.83. The quantitative estimate of drug-likeness (QED) is 0.613. The number of nitrogen functional groups attached to an aromatic ring is 1. The normalized spacial score (nSPS) is 14.7. The fourth-order valence-corrected chi connectivity index (χ4v) is 2.57. The summed E-state index contributed by atoms with van der Waals surface area (Å²) in [5.74, 6) is -0.374. The van der Waals surface area contributed by atoms with Crippen LogP contribution in [0.4, 0.5) is 11.4 Å². The Labute approximate surface area is 119 Å². The van der Waals surface area contributed by atoms with Gasteiger partial charge in [0, 0.05) is 19.2 Å². The number of nitrogens with zero attached hydrogens (tertiary/aromatic N) is 1. The van der Waals surface area contributed by atoms with E-state index in [-0.39, 0.29) is 12.6 Å². The van der Waals surface area contributed by atoms with E-state index in [0.29, 0.717) is 30.3 Å². The number of hydrogen-bond acceptors (Lipinski definition) is 5. The van der Waals surface area contributed by atoms with E-state index >= 15 is 0 Å². The molecule has 0 atom stereocenters. The van der Waals surface area contributed by atoms with Gasteiger partial charge in [-0.1, -0.05) is 6.07 Å². The summed E-state index contributed by atoms with van der Waals surface area (Å²) >= 11 is 0. The van der Waals surface area contributed by atoms with Gasteiger partial charge in [0.05, 0.1) is 24.0 Å². The summed E-state index contributed by atoms with van der Waals surface area (Å²) in [7, 11) is 1.37. The lowest BCUT2D eigenvalue weighted by atomic mass is 9.90. The maximum atomic E-state index is 11.9. The minimum atomic E-state index is -0.374. The lowest BCUT2D eigenvalue weighted by Gasteiger charge is -2.40. The number of esters is 1. The lowest BCUT2D eigenvalue weighted by Crippen LogP contribution is -2.42. The Balaban J connectivity index is 2.37. The standard InChI is InChI=1S/C15H22N2O3/c1-20-15(19)12-7-3-8-13(16)14(12)17(9-4-10-18)11-5-2-6-11/h3,7-8,11,18H,2,4-6,9-10,16H2,1H3. The van der Waals surface area contributed by atoms with Crippen molar-refractivity contribution in [3.8, 4) is 0 Å². The van der Waals surface area contributed by atoms with Gasteiger partial charge in [0.2, 0.25) is 0 Å². The third-order valence-electron chi connectivity index (χ3n) is 3.83. The van der Waals surface area contributed by atoms with E-state index < -0.39 is 0 Å². The summed E-state index contributed by atoms with van der Waals surface area (Å²) in [5.41, 5.74) is 7.92. The number of anilines is 2. The number of hydrogen-bond donors (Lipinski definition) is 2. The minimum absolute atomic E-state index is 0.128. The molecule has 1 saturated carbocycles. The Morgan fingerprint density at radius 3 is 2.80 bits per heavy atom. The first-order chi connectivity index (χ1) is 9.69. The van der Waals surface area contributed by atoms with Crippen LogP contribution in [0.5, 0.6) is 0 Å². The number of ether oxygens (including phenoxy) is 1. The molecule has 0 aromatic heterocycles. The molecule has 2 rings (SSSR count). The Bertz CT molecular complexity index is 472. The number of para-hydroxylation sites is 1. The molecule has 3 N–H and O–H groups in total. The van der Waals surface area contributed by atoms with Crippen molar-refractivity contribution in [1.29, 1.82) is 0 Å². The first kappa shape index (κ1) is 14.7. The second-order valence-electron chi connectivity index (χ2n) is 5.09. The molecule has 5 heteroatoms. The predicted octanol–water partition coefficient (Wildman–Crippen LogP) is 1.80. The molecule has 0 aliphatic heterocycles. The number of aliphatic hydroxyl groups excluding tert-OH is 1. The first-order valence-electron chi connectivity index (χ1n) is 7.03. The molecule has 110 valence electrons. The van der Waals surface area contributed by atoms with Crippen molar-refractivity contribution in [2.24, 2.45) is 0 Å². The van der Waals surface area contributed by atoms with E-state index in [1.165, 1.54) is 13.5 Å². The van der Waals surface area contributed by atoms with Crippen molar-refractivity contribution in [2.45, 2.75) is 31.7 Å². The van der Waals surface area contributed by atoms with Crippen molar-refractivity contribution in [3.05, 3.63) is 23.8 Å². The highest BCUT2D eigenvalue weighted by Crippen LogP contribution is 2.35. The molecule has 1 fully saturated rings. The molecule has 0 heterocycles. The van der Waals surface area contributed by atoms with E-state index in [0.717, 1.165) is 18.5 Å². The van der Waals surface area contributed by atoms with Gasteiger partial charge in [0.15, 0.2) is 0 Å². The number of methoxy groups -OCH3 is 1. The number of carbonyl (C=O) groups excluding carboxylic acids is 1. The molecular weight excluding hydrogens is 256 g/mol. The Morgan fingerprint density at radius 2 is 2.25 bits per heavy atom. The van der Waals surface area contributed by atoms with Gasteiger partial charge in [-0.15, -0.1) is 0 Å². The zero-order valence-corrected chi connectivity index (χ0v) is 11.8. The molecule has 0 radical (unpaired) electrons.